The highest BCUT2D eigenvalue weighted by Crippen LogP contribution is 2.25. The molecule has 1 heterocycles. The van der Waals surface area contributed by atoms with E-state index in [4.69, 9.17) is 16.9 Å². The Balaban J connectivity index is 2.03. The Labute approximate surface area is 196 Å². The van der Waals surface area contributed by atoms with E-state index in [0.29, 0.717) is 39.2 Å². The molecule has 166 valence electrons. The molecule has 1 atom stereocenters. The molecule has 6 nitrogen and oxygen atoms in total. The van der Waals surface area contributed by atoms with Crippen LogP contribution in [0.1, 0.15) is 38.2 Å². The first-order chi connectivity index (χ1) is 15.3. The van der Waals surface area contributed by atoms with Gasteiger partial charge in [-0.3, -0.25) is 14.2 Å². The standard InChI is InChI=1S/C24H25ClN4O2S/c1-4-16(2)17-6-9-19(10-7-17)29-23(31)20-14-18(25)8-11-21(20)27-24(29)32-15-22(30)28(3)13-5-12-26/h6-11,14,16H,4-5,13,15H2,1-3H3. The summed E-state index contributed by atoms with van der Waals surface area (Å²) < 4.78 is 1.53. The van der Waals surface area contributed by atoms with E-state index in [9.17, 15) is 9.59 Å². The summed E-state index contributed by atoms with van der Waals surface area (Å²) in [6, 6.07) is 14.9. The molecule has 0 bridgehead atoms. The first-order valence-corrected chi connectivity index (χ1v) is 11.8. The molecule has 32 heavy (non-hydrogen) atoms. The largest absolute Gasteiger partial charge is 0.344 e. The van der Waals surface area contributed by atoms with Gasteiger partial charge in [0.2, 0.25) is 5.91 Å². The number of hydrogen-bond acceptors (Lipinski definition) is 5. The van der Waals surface area contributed by atoms with Crippen molar-refractivity contribution in [2.24, 2.45) is 0 Å². The molecule has 1 amide bonds. The summed E-state index contributed by atoms with van der Waals surface area (Å²) in [7, 11) is 1.66. The summed E-state index contributed by atoms with van der Waals surface area (Å²) in [6.45, 7) is 4.67. The number of aromatic nitrogens is 2. The predicted octanol–water partition coefficient (Wildman–Crippen LogP) is 5.02. The van der Waals surface area contributed by atoms with Crippen LogP contribution in [0.5, 0.6) is 0 Å². The Morgan fingerprint density at radius 3 is 2.66 bits per heavy atom. The number of rotatable bonds is 8. The van der Waals surface area contributed by atoms with E-state index >= 15 is 0 Å². The smallest absolute Gasteiger partial charge is 0.266 e. The van der Waals surface area contributed by atoms with E-state index in [1.165, 1.54) is 26.8 Å². The van der Waals surface area contributed by atoms with Crippen LogP contribution in [-0.4, -0.2) is 39.7 Å². The second kappa shape index (κ2) is 10.7. The topological polar surface area (TPSA) is 79.0 Å². The number of thioether (sulfide) groups is 1. The van der Waals surface area contributed by atoms with Crippen molar-refractivity contribution >= 4 is 40.2 Å². The van der Waals surface area contributed by atoms with Gasteiger partial charge in [-0.2, -0.15) is 5.26 Å². The maximum Gasteiger partial charge on any atom is 0.266 e. The van der Waals surface area contributed by atoms with Gasteiger partial charge in [-0.25, -0.2) is 4.98 Å². The third kappa shape index (κ3) is 5.32. The highest BCUT2D eigenvalue weighted by molar-refractivity contribution is 7.99. The fourth-order valence-corrected chi connectivity index (χ4v) is 4.35. The minimum Gasteiger partial charge on any atom is -0.344 e. The van der Waals surface area contributed by atoms with Crippen LogP contribution in [0.25, 0.3) is 16.6 Å². The lowest BCUT2D eigenvalue weighted by Gasteiger charge is -2.17. The SMILES string of the molecule is CCC(C)c1ccc(-n2c(SCC(=O)N(C)CCC#N)nc3ccc(Cl)cc3c2=O)cc1. The molecule has 3 rings (SSSR count). The maximum absolute atomic E-state index is 13.4. The van der Waals surface area contributed by atoms with Crippen LogP contribution < -0.4 is 5.56 Å². The molecular weight excluding hydrogens is 444 g/mol. The Morgan fingerprint density at radius 1 is 1.28 bits per heavy atom. The fourth-order valence-electron chi connectivity index (χ4n) is 3.23. The monoisotopic (exact) mass is 468 g/mol. The van der Waals surface area contributed by atoms with Crippen LogP contribution in [0.4, 0.5) is 0 Å². The molecule has 0 saturated heterocycles. The Morgan fingerprint density at radius 2 is 2.00 bits per heavy atom. The zero-order chi connectivity index (χ0) is 23.3. The van der Waals surface area contributed by atoms with E-state index in [0.717, 1.165) is 6.42 Å². The highest BCUT2D eigenvalue weighted by Gasteiger charge is 2.17. The van der Waals surface area contributed by atoms with Gasteiger partial charge < -0.3 is 4.90 Å². The van der Waals surface area contributed by atoms with Gasteiger partial charge in [0.05, 0.1) is 34.8 Å². The van der Waals surface area contributed by atoms with Crippen LogP contribution in [0, 0.1) is 11.3 Å². The Hall–Kier alpha value is -2.82. The minimum absolute atomic E-state index is 0.110. The average Bonchev–Trinajstić information content (AvgIpc) is 2.81. The van der Waals surface area contributed by atoms with Crippen LogP contribution >= 0.6 is 23.4 Å². The van der Waals surface area contributed by atoms with Crippen molar-refractivity contribution in [2.75, 3.05) is 19.3 Å². The summed E-state index contributed by atoms with van der Waals surface area (Å²) in [5, 5.41) is 10.1. The van der Waals surface area contributed by atoms with E-state index < -0.39 is 0 Å². The van der Waals surface area contributed by atoms with Crippen molar-refractivity contribution in [3.63, 3.8) is 0 Å². The lowest BCUT2D eigenvalue weighted by molar-refractivity contribution is -0.127. The zero-order valence-electron chi connectivity index (χ0n) is 18.3. The second-order valence-electron chi connectivity index (χ2n) is 7.61. The Bertz CT molecular complexity index is 1220. The lowest BCUT2D eigenvalue weighted by atomic mass is 9.98. The van der Waals surface area contributed by atoms with Crippen molar-refractivity contribution in [1.82, 2.24) is 14.5 Å². The van der Waals surface area contributed by atoms with Crippen LogP contribution in [-0.2, 0) is 4.79 Å². The molecule has 1 unspecified atom stereocenters. The van der Waals surface area contributed by atoms with E-state index in [1.807, 2.05) is 30.3 Å². The number of amides is 1. The molecular formula is C24H25ClN4O2S. The normalized spacial score (nSPS) is 11.8. The molecule has 1 aromatic heterocycles. The van der Waals surface area contributed by atoms with Gasteiger partial charge in [0.1, 0.15) is 0 Å². The summed E-state index contributed by atoms with van der Waals surface area (Å²) in [5.41, 5.74) is 2.18. The number of carbonyl (C=O) groups is 1. The quantitative estimate of drug-likeness (QED) is 0.342. The van der Waals surface area contributed by atoms with Crippen molar-refractivity contribution < 1.29 is 4.79 Å². The third-order valence-electron chi connectivity index (χ3n) is 5.44. The summed E-state index contributed by atoms with van der Waals surface area (Å²) in [4.78, 5) is 32.1. The molecule has 0 aliphatic rings. The van der Waals surface area contributed by atoms with Gasteiger partial charge in [-0.1, -0.05) is 49.3 Å². The number of nitrogens with zero attached hydrogens (tertiary/aromatic N) is 4. The zero-order valence-corrected chi connectivity index (χ0v) is 19.9. The number of fused-ring (bicyclic) bond motifs is 1. The molecule has 0 aliphatic heterocycles. The van der Waals surface area contributed by atoms with E-state index in [2.05, 4.69) is 18.8 Å². The fraction of sp³-hybridized carbons (Fsp3) is 0.333. The van der Waals surface area contributed by atoms with Gasteiger partial charge in [-0.05, 0) is 48.2 Å². The lowest BCUT2D eigenvalue weighted by Crippen LogP contribution is -2.29. The second-order valence-corrected chi connectivity index (χ2v) is 8.99. The first kappa shape index (κ1) is 23.8. The van der Waals surface area contributed by atoms with Crippen molar-refractivity contribution in [2.45, 2.75) is 37.8 Å². The van der Waals surface area contributed by atoms with Gasteiger partial charge in [-0.15, -0.1) is 0 Å². The average molecular weight is 469 g/mol. The molecule has 0 saturated carbocycles. The summed E-state index contributed by atoms with van der Waals surface area (Å²) in [5.74, 6) is 0.400. The van der Waals surface area contributed by atoms with Gasteiger partial charge >= 0.3 is 0 Å². The predicted molar refractivity (Wildman–Crippen MR) is 130 cm³/mol. The van der Waals surface area contributed by atoms with Gasteiger partial charge in [0, 0.05) is 18.6 Å². The van der Waals surface area contributed by atoms with E-state index in [-0.39, 0.29) is 23.6 Å². The van der Waals surface area contributed by atoms with Crippen LogP contribution in [0.3, 0.4) is 0 Å². The summed E-state index contributed by atoms with van der Waals surface area (Å²) >= 11 is 7.33. The molecule has 0 radical (unpaired) electrons. The molecule has 0 aliphatic carbocycles. The van der Waals surface area contributed by atoms with Crippen molar-refractivity contribution in [3.8, 4) is 11.8 Å². The van der Waals surface area contributed by atoms with Crippen molar-refractivity contribution in [3.05, 3.63) is 63.4 Å². The molecule has 0 N–H and O–H groups in total. The third-order valence-corrected chi connectivity index (χ3v) is 6.60. The first-order valence-electron chi connectivity index (χ1n) is 10.4. The van der Waals surface area contributed by atoms with Crippen molar-refractivity contribution in [1.29, 1.82) is 5.26 Å². The molecule has 0 fully saturated rings. The van der Waals surface area contributed by atoms with Gasteiger partial charge in [0.15, 0.2) is 5.16 Å². The molecule has 8 heteroatoms. The number of carbonyl (C=O) groups excluding carboxylic acids is 1. The number of benzene rings is 2. The number of nitriles is 1. The summed E-state index contributed by atoms with van der Waals surface area (Å²) in [6.07, 6.45) is 1.30. The van der Waals surface area contributed by atoms with Crippen LogP contribution in [0.15, 0.2) is 52.4 Å². The molecule has 0 spiro atoms. The van der Waals surface area contributed by atoms with Gasteiger partial charge in [0.25, 0.3) is 5.56 Å². The molecule has 3 aromatic rings. The highest BCUT2D eigenvalue weighted by atomic mass is 35.5. The maximum atomic E-state index is 13.4. The van der Waals surface area contributed by atoms with Crippen LogP contribution in [0.2, 0.25) is 5.02 Å². The Kier molecular flexibility index (Phi) is 7.94. The minimum atomic E-state index is -0.235. The number of halogens is 1. The number of hydrogen-bond donors (Lipinski definition) is 0. The molecule has 2 aromatic carbocycles. The van der Waals surface area contributed by atoms with E-state index in [1.54, 1.807) is 25.2 Å².